The molecule has 2 heteroatoms. The van der Waals surface area contributed by atoms with Crippen molar-refractivity contribution in [2.75, 3.05) is 7.05 Å². The van der Waals surface area contributed by atoms with E-state index in [-0.39, 0.29) is 0 Å². The van der Waals surface area contributed by atoms with E-state index in [0.717, 1.165) is 6.04 Å². The van der Waals surface area contributed by atoms with Crippen molar-refractivity contribution in [2.24, 2.45) is 0 Å². The molecule has 0 unspecified atom stereocenters. The highest BCUT2D eigenvalue weighted by Gasteiger charge is 2.13. The van der Waals surface area contributed by atoms with Crippen LogP contribution in [0.15, 0.2) is 0 Å². The van der Waals surface area contributed by atoms with Crippen LogP contribution in [0.1, 0.15) is 38.5 Å². The molecule has 0 aromatic heterocycles. The Hall–Kier alpha value is 0.310. The van der Waals surface area contributed by atoms with Gasteiger partial charge in [-0.2, -0.15) is 0 Å². The van der Waals surface area contributed by atoms with Gasteiger partial charge in [-0.05, 0) is 19.9 Å². The predicted molar refractivity (Wildman–Crippen MR) is 48.2 cm³/mol. The van der Waals surface area contributed by atoms with Gasteiger partial charge in [0, 0.05) is 6.04 Å². The number of hydrogen-bond donors (Lipinski definition) is 1. The van der Waals surface area contributed by atoms with Crippen LogP contribution in [0.3, 0.4) is 0 Å². The molecule has 60 valence electrons. The lowest BCUT2D eigenvalue weighted by molar-refractivity contribution is 0.371. The van der Waals surface area contributed by atoms with Crippen LogP contribution < -0.4 is 0 Å². The molecule has 0 amide bonds. The van der Waals surface area contributed by atoms with E-state index >= 15 is 0 Å². The van der Waals surface area contributed by atoms with E-state index < -0.39 is 0 Å². The van der Waals surface area contributed by atoms with Gasteiger partial charge in [0.25, 0.3) is 0 Å². The molecule has 0 spiro atoms. The van der Waals surface area contributed by atoms with Gasteiger partial charge in [-0.15, -0.1) is 0 Å². The molecule has 1 fully saturated rings. The monoisotopic (exact) mass is 159 g/mol. The second kappa shape index (κ2) is 4.24. The highest BCUT2D eigenvalue weighted by atomic mass is 32.1. The van der Waals surface area contributed by atoms with Crippen molar-refractivity contribution in [1.82, 2.24) is 4.31 Å². The van der Waals surface area contributed by atoms with Crippen molar-refractivity contribution < 1.29 is 0 Å². The first-order valence-corrected chi connectivity index (χ1v) is 4.62. The Kier molecular flexibility index (Phi) is 3.57. The Balaban J connectivity index is 2.28. The van der Waals surface area contributed by atoms with E-state index in [1.54, 1.807) is 0 Å². The molecule has 0 heterocycles. The number of rotatable bonds is 1. The van der Waals surface area contributed by atoms with E-state index in [0.29, 0.717) is 0 Å². The van der Waals surface area contributed by atoms with Crippen LogP contribution in [0.2, 0.25) is 0 Å². The Labute approximate surface area is 69.3 Å². The lowest BCUT2D eigenvalue weighted by atomic mass is 10.1. The predicted octanol–water partition coefficient (Wildman–Crippen LogP) is 2.49. The molecule has 0 bridgehead atoms. The molecule has 1 nitrogen and oxygen atoms in total. The third-order valence-corrected chi connectivity index (χ3v) is 2.68. The molecule has 0 saturated heterocycles. The average Bonchev–Trinajstić information content (AvgIpc) is 2.12. The molecule has 0 radical (unpaired) electrons. The van der Waals surface area contributed by atoms with Crippen molar-refractivity contribution in [3.8, 4) is 0 Å². The molecule has 0 aromatic carbocycles. The van der Waals surface area contributed by atoms with Gasteiger partial charge in [0.1, 0.15) is 0 Å². The van der Waals surface area contributed by atoms with Gasteiger partial charge < -0.3 is 0 Å². The van der Waals surface area contributed by atoms with Crippen molar-refractivity contribution in [1.29, 1.82) is 0 Å². The van der Waals surface area contributed by atoms with Gasteiger partial charge in [0.15, 0.2) is 0 Å². The van der Waals surface area contributed by atoms with Crippen LogP contribution in [0, 0.1) is 0 Å². The number of hydrogen-bond acceptors (Lipinski definition) is 2. The molecule has 0 aliphatic heterocycles. The zero-order valence-electron chi connectivity index (χ0n) is 6.71. The van der Waals surface area contributed by atoms with E-state index in [2.05, 4.69) is 24.2 Å². The van der Waals surface area contributed by atoms with E-state index in [1.807, 2.05) is 0 Å². The summed E-state index contributed by atoms with van der Waals surface area (Å²) in [6, 6.07) is 0.742. The largest absolute Gasteiger partial charge is 0.253 e. The second-order valence-electron chi connectivity index (χ2n) is 3.22. The zero-order chi connectivity index (χ0) is 7.40. The molecule has 10 heavy (non-hydrogen) atoms. The Morgan fingerprint density at radius 1 is 1.10 bits per heavy atom. The standard InChI is InChI=1S/C8H17NS/c1-9(10)8-6-4-2-3-5-7-8/h8,10H,2-7H2,1H3. The minimum absolute atomic E-state index is 0.742. The first-order valence-electron chi connectivity index (χ1n) is 4.22. The fourth-order valence-corrected chi connectivity index (χ4v) is 1.86. The molecule has 1 aliphatic carbocycles. The molecular weight excluding hydrogens is 142 g/mol. The van der Waals surface area contributed by atoms with E-state index in [1.165, 1.54) is 38.5 Å². The SMILES string of the molecule is CN(S)C1CCCCCC1. The quantitative estimate of drug-likeness (QED) is 0.454. The zero-order valence-corrected chi connectivity index (χ0v) is 7.61. The minimum Gasteiger partial charge on any atom is -0.253 e. The maximum atomic E-state index is 4.32. The van der Waals surface area contributed by atoms with E-state index in [9.17, 15) is 0 Å². The summed E-state index contributed by atoms with van der Waals surface area (Å²) in [5, 5.41) is 0. The fraction of sp³-hybridized carbons (Fsp3) is 1.00. The molecule has 0 aromatic rings. The second-order valence-corrected chi connectivity index (χ2v) is 3.85. The third-order valence-electron chi connectivity index (χ3n) is 2.35. The topological polar surface area (TPSA) is 3.24 Å². The molecule has 1 rings (SSSR count). The summed E-state index contributed by atoms with van der Waals surface area (Å²) in [4.78, 5) is 0. The molecule has 0 N–H and O–H groups in total. The van der Waals surface area contributed by atoms with Crippen LogP contribution in [-0.4, -0.2) is 17.4 Å². The Morgan fingerprint density at radius 3 is 2.00 bits per heavy atom. The summed E-state index contributed by atoms with van der Waals surface area (Å²) in [6.45, 7) is 0. The summed E-state index contributed by atoms with van der Waals surface area (Å²) in [5.74, 6) is 0. The first kappa shape index (κ1) is 8.41. The third kappa shape index (κ3) is 2.51. The lowest BCUT2D eigenvalue weighted by Gasteiger charge is -2.20. The highest BCUT2D eigenvalue weighted by Crippen LogP contribution is 2.21. The minimum atomic E-state index is 0.742. The summed E-state index contributed by atoms with van der Waals surface area (Å²) in [7, 11) is 2.07. The van der Waals surface area contributed by atoms with Gasteiger partial charge in [-0.25, -0.2) is 0 Å². The van der Waals surface area contributed by atoms with E-state index in [4.69, 9.17) is 0 Å². The fourth-order valence-electron chi connectivity index (χ4n) is 1.63. The maximum Gasteiger partial charge on any atom is 0.0197 e. The number of thiol groups is 1. The molecular formula is C8H17NS. The van der Waals surface area contributed by atoms with Crippen molar-refractivity contribution in [3.05, 3.63) is 0 Å². The molecule has 0 atom stereocenters. The Morgan fingerprint density at radius 2 is 1.60 bits per heavy atom. The summed E-state index contributed by atoms with van der Waals surface area (Å²) in [5.41, 5.74) is 0. The van der Waals surface area contributed by atoms with Gasteiger partial charge in [0.05, 0.1) is 0 Å². The summed E-state index contributed by atoms with van der Waals surface area (Å²) in [6.07, 6.45) is 8.35. The van der Waals surface area contributed by atoms with Crippen LogP contribution in [-0.2, 0) is 0 Å². The maximum absolute atomic E-state index is 4.32. The smallest absolute Gasteiger partial charge is 0.0197 e. The summed E-state index contributed by atoms with van der Waals surface area (Å²) < 4.78 is 2.07. The summed E-state index contributed by atoms with van der Waals surface area (Å²) >= 11 is 4.32. The van der Waals surface area contributed by atoms with Gasteiger partial charge >= 0.3 is 0 Å². The van der Waals surface area contributed by atoms with Crippen molar-refractivity contribution in [3.63, 3.8) is 0 Å². The lowest BCUT2D eigenvalue weighted by Crippen LogP contribution is -2.22. The molecule has 1 aliphatic rings. The van der Waals surface area contributed by atoms with Crippen LogP contribution in [0.5, 0.6) is 0 Å². The van der Waals surface area contributed by atoms with Crippen molar-refractivity contribution in [2.45, 2.75) is 44.6 Å². The first-order chi connectivity index (χ1) is 4.80. The number of nitrogens with zero attached hydrogens (tertiary/aromatic N) is 1. The normalized spacial score (nSPS) is 23.1. The van der Waals surface area contributed by atoms with Gasteiger partial charge in [0.2, 0.25) is 0 Å². The van der Waals surface area contributed by atoms with Crippen LogP contribution >= 0.6 is 12.8 Å². The molecule has 1 saturated carbocycles. The van der Waals surface area contributed by atoms with Crippen LogP contribution in [0.25, 0.3) is 0 Å². The highest BCUT2D eigenvalue weighted by molar-refractivity contribution is 7.77. The average molecular weight is 159 g/mol. The van der Waals surface area contributed by atoms with Crippen molar-refractivity contribution >= 4 is 12.8 Å². The van der Waals surface area contributed by atoms with Gasteiger partial charge in [-0.1, -0.05) is 38.5 Å². The van der Waals surface area contributed by atoms with Gasteiger partial charge in [-0.3, -0.25) is 4.31 Å². The Bertz CT molecular complexity index is 85.3. The van der Waals surface area contributed by atoms with Crippen LogP contribution in [0.4, 0.5) is 0 Å².